The Hall–Kier alpha value is -1.54. The lowest BCUT2D eigenvalue weighted by Gasteiger charge is -2.19. The molecule has 8 nitrogen and oxygen atoms in total. The standard InChI is InChI=1S/C12H24N2O6/c1-12(2,3)20-11(16)14-4-5-17-6-7-18-8-9-19-10(13)15/h4-9H2,1-3H3,(H2,13,15)(H,14,16). The van der Waals surface area contributed by atoms with Crippen LogP contribution in [0.3, 0.4) is 0 Å². The number of rotatable bonds is 9. The molecule has 20 heavy (non-hydrogen) atoms. The number of nitrogens with one attached hydrogen (secondary N) is 1. The van der Waals surface area contributed by atoms with Crippen molar-refractivity contribution in [2.24, 2.45) is 5.73 Å². The van der Waals surface area contributed by atoms with Gasteiger partial charge in [-0.15, -0.1) is 0 Å². The van der Waals surface area contributed by atoms with E-state index < -0.39 is 17.8 Å². The number of carbonyl (C=O) groups excluding carboxylic acids is 2. The third-order valence-corrected chi connectivity index (χ3v) is 1.76. The number of primary amides is 1. The van der Waals surface area contributed by atoms with E-state index in [2.05, 4.69) is 10.1 Å². The van der Waals surface area contributed by atoms with Gasteiger partial charge in [0.2, 0.25) is 0 Å². The van der Waals surface area contributed by atoms with E-state index in [0.717, 1.165) is 0 Å². The average molecular weight is 292 g/mol. The number of ether oxygens (including phenoxy) is 4. The van der Waals surface area contributed by atoms with Gasteiger partial charge in [0.15, 0.2) is 0 Å². The quantitative estimate of drug-likeness (QED) is 0.604. The summed E-state index contributed by atoms with van der Waals surface area (Å²) >= 11 is 0. The Balaban J connectivity index is 3.25. The first-order valence-corrected chi connectivity index (χ1v) is 6.36. The number of hydrogen-bond donors (Lipinski definition) is 2. The van der Waals surface area contributed by atoms with Gasteiger partial charge >= 0.3 is 12.2 Å². The lowest BCUT2D eigenvalue weighted by molar-refractivity contribution is 0.0271. The summed E-state index contributed by atoms with van der Waals surface area (Å²) in [6.45, 7) is 7.24. The first kappa shape index (κ1) is 18.5. The maximum atomic E-state index is 11.3. The maximum absolute atomic E-state index is 11.3. The Morgan fingerprint density at radius 2 is 1.55 bits per heavy atom. The second-order valence-electron chi connectivity index (χ2n) is 4.82. The van der Waals surface area contributed by atoms with Crippen LogP contribution in [-0.4, -0.2) is 57.4 Å². The van der Waals surface area contributed by atoms with Crippen molar-refractivity contribution >= 4 is 12.2 Å². The molecule has 3 N–H and O–H groups in total. The molecule has 0 saturated heterocycles. The molecule has 118 valence electrons. The summed E-state index contributed by atoms with van der Waals surface area (Å²) in [4.78, 5) is 21.5. The van der Waals surface area contributed by atoms with Gasteiger partial charge in [-0.3, -0.25) is 0 Å². The van der Waals surface area contributed by atoms with Crippen LogP contribution in [0.4, 0.5) is 9.59 Å². The third-order valence-electron chi connectivity index (χ3n) is 1.76. The Bertz CT molecular complexity index is 290. The predicted octanol–water partition coefficient (Wildman–Crippen LogP) is 0.640. The number of nitrogens with two attached hydrogens (primary N) is 1. The molecule has 0 unspecified atom stereocenters. The molecule has 0 aromatic carbocycles. The molecule has 0 saturated carbocycles. The summed E-state index contributed by atoms with van der Waals surface area (Å²) in [5, 5.41) is 2.56. The molecule has 0 aliphatic heterocycles. The van der Waals surface area contributed by atoms with Crippen molar-refractivity contribution in [3.8, 4) is 0 Å². The van der Waals surface area contributed by atoms with Crippen LogP contribution in [0, 0.1) is 0 Å². The largest absolute Gasteiger partial charge is 0.447 e. The molecule has 0 bridgehead atoms. The van der Waals surface area contributed by atoms with Crippen molar-refractivity contribution in [3.63, 3.8) is 0 Å². The van der Waals surface area contributed by atoms with Crippen LogP contribution in [-0.2, 0) is 18.9 Å². The molecule has 8 heteroatoms. The summed E-state index contributed by atoms with van der Waals surface area (Å²) < 4.78 is 19.8. The lowest BCUT2D eigenvalue weighted by Crippen LogP contribution is -2.34. The Morgan fingerprint density at radius 3 is 2.10 bits per heavy atom. The van der Waals surface area contributed by atoms with Crippen molar-refractivity contribution in [1.82, 2.24) is 5.32 Å². The van der Waals surface area contributed by atoms with Crippen LogP contribution in [0.15, 0.2) is 0 Å². The number of alkyl carbamates (subject to hydrolysis) is 1. The highest BCUT2D eigenvalue weighted by atomic mass is 16.6. The Labute approximate surface area is 118 Å². The molecular weight excluding hydrogens is 268 g/mol. The van der Waals surface area contributed by atoms with Gasteiger partial charge < -0.3 is 30.0 Å². The van der Waals surface area contributed by atoms with Crippen LogP contribution in [0.1, 0.15) is 20.8 Å². The average Bonchev–Trinajstić information content (AvgIpc) is 2.28. The molecule has 0 fully saturated rings. The van der Waals surface area contributed by atoms with Gasteiger partial charge in [0, 0.05) is 6.54 Å². The molecule has 0 aromatic rings. The molecule has 0 radical (unpaired) electrons. The second-order valence-corrected chi connectivity index (χ2v) is 4.82. The minimum atomic E-state index is -0.821. The molecule has 0 heterocycles. The van der Waals surface area contributed by atoms with Crippen molar-refractivity contribution in [3.05, 3.63) is 0 Å². The summed E-state index contributed by atoms with van der Waals surface area (Å²) in [6.07, 6.45) is -1.29. The van der Waals surface area contributed by atoms with E-state index in [1.807, 2.05) is 0 Å². The molecule has 0 spiro atoms. The number of amides is 2. The van der Waals surface area contributed by atoms with Crippen LogP contribution < -0.4 is 11.1 Å². The van der Waals surface area contributed by atoms with E-state index in [1.54, 1.807) is 20.8 Å². The highest BCUT2D eigenvalue weighted by molar-refractivity contribution is 5.67. The highest BCUT2D eigenvalue weighted by Crippen LogP contribution is 2.05. The van der Waals surface area contributed by atoms with Gasteiger partial charge in [0.25, 0.3) is 0 Å². The summed E-state index contributed by atoms with van der Waals surface area (Å²) in [6, 6.07) is 0. The van der Waals surface area contributed by atoms with E-state index >= 15 is 0 Å². The van der Waals surface area contributed by atoms with E-state index in [-0.39, 0.29) is 13.2 Å². The summed E-state index contributed by atoms with van der Waals surface area (Å²) in [5.41, 5.74) is 4.26. The van der Waals surface area contributed by atoms with Crippen molar-refractivity contribution < 1.29 is 28.5 Å². The zero-order valence-corrected chi connectivity index (χ0v) is 12.3. The molecule has 0 atom stereocenters. The zero-order valence-electron chi connectivity index (χ0n) is 12.3. The van der Waals surface area contributed by atoms with Gasteiger partial charge in [0.05, 0.1) is 26.4 Å². The maximum Gasteiger partial charge on any atom is 0.407 e. The minimum Gasteiger partial charge on any atom is -0.447 e. The van der Waals surface area contributed by atoms with E-state index in [4.69, 9.17) is 19.9 Å². The van der Waals surface area contributed by atoms with Gasteiger partial charge in [-0.05, 0) is 20.8 Å². The van der Waals surface area contributed by atoms with Crippen LogP contribution in [0.5, 0.6) is 0 Å². The molecule has 0 aliphatic rings. The Morgan fingerprint density at radius 1 is 1.00 bits per heavy atom. The number of hydrogen-bond acceptors (Lipinski definition) is 6. The van der Waals surface area contributed by atoms with Gasteiger partial charge in [-0.2, -0.15) is 0 Å². The van der Waals surface area contributed by atoms with E-state index in [0.29, 0.717) is 26.4 Å². The fourth-order valence-electron chi connectivity index (χ4n) is 1.06. The SMILES string of the molecule is CC(C)(C)OC(=O)NCCOCCOCCOC(N)=O. The van der Waals surface area contributed by atoms with E-state index in [9.17, 15) is 9.59 Å². The molecule has 0 aromatic heterocycles. The minimum absolute atomic E-state index is 0.121. The van der Waals surface area contributed by atoms with E-state index in [1.165, 1.54) is 0 Å². The van der Waals surface area contributed by atoms with Crippen LogP contribution in [0.25, 0.3) is 0 Å². The first-order valence-electron chi connectivity index (χ1n) is 6.36. The predicted molar refractivity (Wildman–Crippen MR) is 71.4 cm³/mol. The van der Waals surface area contributed by atoms with Gasteiger partial charge in [-0.1, -0.05) is 0 Å². The van der Waals surface area contributed by atoms with Gasteiger partial charge in [0.1, 0.15) is 12.2 Å². The summed E-state index contributed by atoms with van der Waals surface area (Å²) in [7, 11) is 0. The monoisotopic (exact) mass is 292 g/mol. The second kappa shape index (κ2) is 10.3. The topological polar surface area (TPSA) is 109 Å². The fourth-order valence-corrected chi connectivity index (χ4v) is 1.06. The van der Waals surface area contributed by atoms with Crippen molar-refractivity contribution in [2.75, 3.05) is 39.6 Å². The molecular formula is C12H24N2O6. The Kier molecular flexibility index (Phi) is 9.48. The number of carbonyl (C=O) groups is 2. The molecule has 2 amide bonds. The van der Waals surface area contributed by atoms with Gasteiger partial charge in [-0.25, -0.2) is 9.59 Å². The normalized spacial score (nSPS) is 10.9. The third kappa shape index (κ3) is 14.5. The first-order chi connectivity index (χ1) is 9.31. The fraction of sp³-hybridized carbons (Fsp3) is 0.833. The van der Waals surface area contributed by atoms with Crippen molar-refractivity contribution in [2.45, 2.75) is 26.4 Å². The van der Waals surface area contributed by atoms with Crippen LogP contribution >= 0.6 is 0 Å². The van der Waals surface area contributed by atoms with Crippen molar-refractivity contribution in [1.29, 1.82) is 0 Å². The molecule has 0 rings (SSSR count). The van der Waals surface area contributed by atoms with Crippen LogP contribution in [0.2, 0.25) is 0 Å². The highest BCUT2D eigenvalue weighted by Gasteiger charge is 2.15. The lowest BCUT2D eigenvalue weighted by atomic mass is 10.2. The summed E-state index contributed by atoms with van der Waals surface area (Å²) in [5.74, 6) is 0. The smallest absolute Gasteiger partial charge is 0.407 e. The molecule has 0 aliphatic carbocycles. The zero-order chi connectivity index (χ0) is 15.4.